The van der Waals surface area contributed by atoms with Gasteiger partial charge in [0.15, 0.2) is 0 Å². The molecule has 5 nitrogen and oxygen atoms in total. The van der Waals surface area contributed by atoms with Gasteiger partial charge in [-0.1, -0.05) is 270 Å². The molecule has 1 aromatic heterocycles. The summed E-state index contributed by atoms with van der Waals surface area (Å²) >= 11 is 0. The Morgan fingerprint density at radius 1 is 0.355 bits per heavy atom. The average Bonchev–Trinajstić information content (AvgIpc) is 1.67. The van der Waals surface area contributed by atoms with Gasteiger partial charge in [-0.25, -0.2) is 4.98 Å². The summed E-state index contributed by atoms with van der Waals surface area (Å²) in [6.07, 6.45) is 3.02. The van der Waals surface area contributed by atoms with Crippen LogP contribution in [-0.2, 0) is 22.7 Å². The number of pyridine rings is 1. The molecule has 0 saturated heterocycles. The first-order valence-electron chi connectivity index (χ1n) is 33.1. The van der Waals surface area contributed by atoms with Gasteiger partial charge in [0.2, 0.25) is 0 Å². The van der Waals surface area contributed by atoms with E-state index in [4.69, 9.17) is 4.98 Å². The first kappa shape index (κ1) is 60.3. The third-order valence-corrected chi connectivity index (χ3v) is 18.7. The van der Waals surface area contributed by atoms with E-state index in [9.17, 15) is 0 Å². The van der Waals surface area contributed by atoms with Crippen LogP contribution in [0.1, 0.15) is 98.4 Å². The Bertz CT molecular complexity index is 4700. The average molecular weight is 1210 g/mol. The van der Waals surface area contributed by atoms with E-state index in [1.807, 2.05) is 0 Å². The van der Waals surface area contributed by atoms with Crippen LogP contribution in [0.15, 0.2) is 273 Å². The summed E-state index contributed by atoms with van der Waals surface area (Å²) < 4.78 is 0. The standard InChI is InChI=1S/C88H83N5/c1-59(2)47-64-51-84(89-57-79(64)61-31-17-13-18-32-61)93-80-42-24-23-39-77(80)75-37-21-22-38-76(75)78-46-45-70(56-83(78)93)92(69-35-19-14-20-36-69)72-54-68(88(9,10)11)53-71(55-72)90-58-91(82-44-26-25-43-81(82)90)85-73(63-34-27-33-62(48-63)60-29-15-12-16-30-60)40-28-41-74(85)65-49-66(86(3,4)5)52-67(50-65)87(6,7)8/h12-46,48-57,59H,47,58H2,1-11H3. The highest BCUT2D eigenvalue weighted by Gasteiger charge is 2.35. The topological polar surface area (TPSA) is 25.9 Å². The molecule has 0 fully saturated rings. The lowest BCUT2D eigenvalue weighted by Gasteiger charge is -2.33. The number of para-hydroxylation sites is 5. The Kier molecular flexibility index (Phi) is 15.6. The molecule has 12 aromatic rings. The number of aromatic nitrogens is 1. The highest BCUT2D eigenvalue weighted by atomic mass is 15.4. The van der Waals surface area contributed by atoms with Crippen molar-refractivity contribution in [2.75, 3.05) is 26.3 Å². The lowest BCUT2D eigenvalue weighted by molar-refractivity contribution is 0.569. The third-order valence-electron chi connectivity index (χ3n) is 18.7. The van der Waals surface area contributed by atoms with E-state index in [0.29, 0.717) is 12.6 Å². The highest BCUT2D eigenvalue weighted by Crippen LogP contribution is 2.55. The fraction of sp³-hybridized carbons (Fsp3) is 0.193. The van der Waals surface area contributed by atoms with Crippen LogP contribution in [0.3, 0.4) is 0 Å². The van der Waals surface area contributed by atoms with Crippen molar-refractivity contribution in [1.29, 1.82) is 0 Å². The molecular weight excluding hydrogens is 1130 g/mol. The first-order chi connectivity index (χ1) is 44.8. The van der Waals surface area contributed by atoms with Crippen molar-refractivity contribution in [1.82, 2.24) is 4.98 Å². The maximum absolute atomic E-state index is 5.47. The largest absolute Gasteiger partial charge is 0.321 e. The summed E-state index contributed by atoms with van der Waals surface area (Å²) in [5.41, 5.74) is 28.9. The summed E-state index contributed by atoms with van der Waals surface area (Å²) in [4.78, 5) is 15.5. The van der Waals surface area contributed by atoms with Crippen molar-refractivity contribution in [2.24, 2.45) is 5.92 Å². The zero-order valence-corrected chi connectivity index (χ0v) is 55.7. The van der Waals surface area contributed by atoms with Crippen LogP contribution in [0.2, 0.25) is 0 Å². The molecule has 14 rings (SSSR count). The Labute approximate surface area is 552 Å². The molecule has 0 spiro atoms. The van der Waals surface area contributed by atoms with E-state index in [2.05, 4.69) is 369 Å². The maximum Gasteiger partial charge on any atom is 0.137 e. The molecule has 2 aliphatic heterocycles. The maximum atomic E-state index is 5.47. The van der Waals surface area contributed by atoms with Gasteiger partial charge in [0.25, 0.3) is 0 Å². The summed E-state index contributed by atoms with van der Waals surface area (Å²) in [7, 11) is 0. The fourth-order valence-electron chi connectivity index (χ4n) is 13.8. The highest BCUT2D eigenvalue weighted by molar-refractivity contribution is 6.04. The number of anilines is 10. The van der Waals surface area contributed by atoms with Crippen molar-refractivity contribution in [3.05, 3.63) is 295 Å². The number of fused-ring (bicyclic) bond motifs is 6. The summed E-state index contributed by atoms with van der Waals surface area (Å²) in [6, 6.07) is 99.4. The predicted octanol–water partition coefficient (Wildman–Crippen LogP) is 24.7. The number of hydrogen-bond donors (Lipinski definition) is 0. The zero-order valence-electron chi connectivity index (χ0n) is 55.7. The number of nitrogens with zero attached hydrogens (tertiary/aromatic N) is 5. The van der Waals surface area contributed by atoms with Gasteiger partial charge in [-0.05, 0) is 163 Å². The van der Waals surface area contributed by atoms with Gasteiger partial charge < -0.3 is 14.7 Å². The molecule has 0 saturated carbocycles. The molecule has 2 aliphatic rings. The molecule has 3 heterocycles. The van der Waals surface area contributed by atoms with Crippen LogP contribution in [0, 0.1) is 5.92 Å². The Morgan fingerprint density at radius 2 is 0.860 bits per heavy atom. The minimum atomic E-state index is -0.221. The Morgan fingerprint density at radius 3 is 1.49 bits per heavy atom. The van der Waals surface area contributed by atoms with Gasteiger partial charge in [-0.3, -0.25) is 4.90 Å². The summed E-state index contributed by atoms with van der Waals surface area (Å²) in [5.74, 6) is 1.32. The van der Waals surface area contributed by atoms with E-state index < -0.39 is 0 Å². The van der Waals surface area contributed by atoms with Crippen LogP contribution < -0.4 is 19.6 Å². The van der Waals surface area contributed by atoms with Gasteiger partial charge in [0.05, 0.1) is 28.4 Å². The molecule has 0 radical (unpaired) electrons. The van der Waals surface area contributed by atoms with Crippen LogP contribution in [0.4, 0.5) is 57.0 Å². The van der Waals surface area contributed by atoms with Gasteiger partial charge >= 0.3 is 0 Å². The Hall–Kier alpha value is -10.2. The van der Waals surface area contributed by atoms with E-state index in [0.717, 1.165) is 68.9 Å². The van der Waals surface area contributed by atoms with Crippen molar-refractivity contribution in [2.45, 2.75) is 98.8 Å². The first-order valence-corrected chi connectivity index (χ1v) is 33.1. The fourth-order valence-corrected chi connectivity index (χ4v) is 13.8. The number of rotatable bonds is 12. The van der Waals surface area contributed by atoms with E-state index >= 15 is 0 Å². The van der Waals surface area contributed by atoms with Crippen LogP contribution in [0.5, 0.6) is 0 Å². The van der Waals surface area contributed by atoms with Crippen LogP contribution in [-0.4, -0.2) is 11.7 Å². The van der Waals surface area contributed by atoms with Crippen molar-refractivity contribution in [3.8, 4) is 66.8 Å². The second-order valence-corrected chi connectivity index (χ2v) is 28.9. The summed E-state index contributed by atoms with van der Waals surface area (Å²) in [6.45, 7) is 26.3. The van der Waals surface area contributed by atoms with Gasteiger partial charge in [0.1, 0.15) is 12.5 Å². The number of hydrogen-bond acceptors (Lipinski definition) is 5. The second-order valence-electron chi connectivity index (χ2n) is 28.9. The van der Waals surface area contributed by atoms with Crippen molar-refractivity contribution in [3.63, 3.8) is 0 Å². The van der Waals surface area contributed by atoms with Crippen molar-refractivity contribution < 1.29 is 0 Å². The van der Waals surface area contributed by atoms with Gasteiger partial charge in [-0.15, -0.1) is 0 Å². The molecule has 0 bridgehead atoms. The molecule has 0 aliphatic carbocycles. The molecule has 0 unspecified atom stereocenters. The van der Waals surface area contributed by atoms with E-state index in [-0.39, 0.29) is 16.2 Å². The second kappa shape index (κ2) is 24.1. The molecule has 460 valence electrons. The monoisotopic (exact) mass is 1210 g/mol. The van der Waals surface area contributed by atoms with Crippen LogP contribution in [0.25, 0.3) is 66.8 Å². The molecule has 11 aromatic carbocycles. The molecular formula is C88H83N5. The molecule has 0 amide bonds. The number of benzene rings is 11. The minimum Gasteiger partial charge on any atom is -0.321 e. The summed E-state index contributed by atoms with van der Waals surface area (Å²) in [5, 5.41) is 0. The lowest BCUT2D eigenvalue weighted by atomic mass is 9.78. The van der Waals surface area contributed by atoms with Gasteiger partial charge in [0, 0.05) is 56.8 Å². The molecule has 0 N–H and O–H groups in total. The van der Waals surface area contributed by atoms with Gasteiger partial charge in [-0.2, -0.15) is 0 Å². The van der Waals surface area contributed by atoms with E-state index in [1.165, 1.54) is 83.6 Å². The SMILES string of the molecule is CC(C)Cc1cc(N2c3ccccc3-c3ccccc3-c3ccc(N(c4ccccc4)c4cc(N5CN(c6c(-c7cccc(-c8ccccc8)c7)cccc6-c6cc(C(C)(C)C)cc(C(C)(C)C)c6)c6ccccc65)cc(C(C)(C)C)c4)cc32)ncc1-c1ccccc1. The zero-order chi connectivity index (χ0) is 64.3. The normalized spacial score (nSPS) is 12.9. The minimum absolute atomic E-state index is 0.0730. The molecule has 5 heteroatoms. The molecule has 93 heavy (non-hydrogen) atoms. The van der Waals surface area contributed by atoms with E-state index in [1.54, 1.807) is 0 Å². The third kappa shape index (κ3) is 11.7. The Balaban J connectivity index is 0.960. The van der Waals surface area contributed by atoms with Crippen LogP contribution >= 0.6 is 0 Å². The lowest BCUT2D eigenvalue weighted by Crippen LogP contribution is -2.26. The molecule has 0 atom stereocenters. The van der Waals surface area contributed by atoms with Crippen molar-refractivity contribution >= 4 is 57.0 Å². The quantitative estimate of drug-likeness (QED) is 0.121. The smallest absolute Gasteiger partial charge is 0.137 e. The predicted molar refractivity (Wildman–Crippen MR) is 396 cm³/mol.